The Morgan fingerprint density at radius 3 is 2.89 bits per heavy atom. The Hall–Kier alpha value is -2.54. The molecule has 0 saturated carbocycles. The number of ketones is 1. The number of hydrogen-bond donors (Lipinski definition) is 0. The highest BCUT2D eigenvalue weighted by molar-refractivity contribution is 6.07. The summed E-state index contributed by atoms with van der Waals surface area (Å²) < 4.78 is 9.66. The Labute approximate surface area is 111 Å². The predicted octanol–water partition coefficient (Wildman–Crippen LogP) is 2.62. The van der Waals surface area contributed by atoms with Crippen LogP contribution in [0.3, 0.4) is 0 Å². The second kappa shape index (κ2) is 7.72. The Kier molecular flexibility index (Phi) is 5.90. The molecule has 1 aromatic heterocycles. The van der Waals surface area contributed by atoms with E-state index in [9.17, 15) is 9.59 Å². The summed E-state index contributed by atoms with van der Waals surface area (Å²) in [6, 6.07) is 3.09. The van der Waals surface area contributed by atoms with Crippen LogP contribution >= 0.6 is 0 Å². The number of rotatable bonds is 4. The first kappa shape index (κ1) is 14.5. The molecule has 4 nitrogen and oxygen atoms in total. The first-order chi connectivity index (χ1) is 9.17. The zero-order valence-electron chi connectivity index (χ0n) is 10.8. The maximum atomic E-state index is 11.6. The minimum Gasteiger partial charge on any atom is -0.466 e. The summed E-state index contributed by atoms with van der Waals surface area (Å²) >= 11 is 0. The molecule has 0 amide bonds. The lowest BCUT2D eigenvalue weighted by Gasteiger charge is -1.88. The number of carbonyl (C=O) groups is 2. The quantitative estimate of drug-likeness (QED) is 0.274. The van der Waals surface area contributed by atoms with Gasteiger partial charge in [-0.25, -0.2) is 4.79 Å². The summed E-state index contributed by atoms with van der Waals surface area (Å²) in [5.74, 6) is 4.69. The smallest absolute Gasteiger partial charge is 0.330 e. The van der Waals surface area contributed by atoms with Crippen molar-refractivity contribution in [3.05, 3.63) is 41.9 Å². The van der Waals surface area contributed by atoms with Gasteiger partial charge in [-0.3, -0.25) is 4.79 Å². The van der Waals surface area contributed by atoms with Crippen molar-refractivity contribution in [2.75, 3.05) is 7.11 Å². The summed E-state index contributed by atoms with van der Waals surface area (Å²) in [5, 5.41) is 0. The van der Waals surface area contributed by atoms with Crippen LogP contribution in [0.15, 0.2) is 34.8 Å². The maximum absolute atomic E-state index is 11.6. The number of esters is 1. The second-order valence-electron chi connectivity index (χ2n) is 3.47. The minimum atomic E-state index is -0.492. The molecule has 0 spiro atoms. The summed E-state index contributed by atoms with van der Waals surface area (Å²) in [5.41, 5.74) is 0. The molecule has 0 saturated heterocycles. The van der Waals surface area contributed by atoms with Crippen LogP contribution < -0.4 is 0 Å². The highest BCUT2D eigenvalue weighted by Gasteiger charge is 2.07. The van der Waals surface area contributed by atoms with Crippen LogP contribution in [0.1, 0.15) is 29.7 Å². The topological polar surface area (TPSA) is 56.5 Å². The van der Waals surface area contributed by atoms with Gasteiger partial charge in [0.05, 0.1) is 7.11 Å². The van der Waals surface area contributed by atoms with Gasteiger partial charge in [-0.05, 0) is 36.6 Å². The number of methoxy groups -OCH3 is 1. The average molecular weight is 258 g/mol. The summed E-state index contributed by atoms with van der Waals surface area (Å²) in [6.45, 7) is 1.98. The van der Waals surface area contributed by atoms with Crippen molar-refractivity contribution in [3.63, 3.8) is 0 Å². The molecule has 4 heteroatoms. The lowest BCUT2D eigenvalue weighted by Crippen LogP contribution is -1.93. The zero-order valence-corrected chi connectivity index (χ0v) is 10.8. The van der Waals surface area contributed by atoms with Gasteiger partial charge in [-0.2, -0.15) is 0 Å². The normalized spacial score (nSPS) is 10.4. The summed E-state index contributed by atoms with van der Waals surface area (Å²) in [6.07, 6.45) is 6.98. The van der Waals surface area contributed by atoms with Crippen LogP contribution in [0.25, 0.3) is 6.08 Å². The van der Waals surface area contributed by atoms with E-state index < -0.39 is 11.8 Å². The van der Waals surface area contributed by atoms with Crippen LogP contribution in [0.2, 0.25) is 0 Å². The molecule has 0 aliphatic rings. The molecule has 0 radical (unpaired) electrons. The highest BCUT2D eigenvalue weighted by atomic mass is 16.5. The fraction of sp³-hybridized carbons (Fsp3) is 0.200. The predicted molar refractivity (Wildman–Crippen MR) is 71.3 cm³/mol. The van der Waals surface area contributed by atoms with Crippen LogP contribution in [-0.2, 0) is 9.53 Å². The number of Topliss-reactive ketones (excluding diaryl/α,β-unsaturated/α-hetero) is 1. The van der Waals surface area contributed by atoms with Gasteiger partial charge in [-0.15, -0.1) is 0 Å². The van der Waals surface area contributed by atoms with Gasteiger partial charge in [0, 0.05) is 6.08 Å². The molecule has 0 fully saturated rings. The van der Waals surface area contributed by atoms with Crippen molar-refractivity contribution >= 4 is 17.8 Å². The molecule has 0 aliphatic carbocycles. The Bertz CT molecular complexity index is 564. The summed E-state index contributed by atoms with van der Waals surface area (Å²) in [7, 11) is 1.28. The monoisotopic (exact) mass is 258 g/mol. The SMILES string of the molecule is CCC=CC#CC(=O)c1ccc(C=CC(=O)OC)o1. The Balaban J connectivity index is 2.70. The van der Waals surface area contributed by atoms with E-state index in [-0.39, 0.29) is 5.76 Å². The molecule has 0 aliphatic heterocycles. The van der Waals surface area contributed by atoms with E-state index in [2.05, 4.69) is 16.6 Å². The largest absolute Gasteiger partial charge is 0.466 e. The molecule has 1 aromatic rings. The van der Waals surface area contributed by atoms with Gasteiger partial charge in [0.25, 0.3) is 5.78 Å². The van der Waals surface area contributed by atoms with E-state index in [1.54, 1.807) is 12.1 Å². The Morgan fingerprint density at radius 2 is 2.21 bits per heavy atom. The molecule has 98 valence electrons. The van der Waals surface area contributed by atoms with E-state index >= 15 is 0 Å². The lowest BCUT2D eigenvalue weighted by atomic mass is 10.3. The van der Waals surface area contributed by atoms with E-state index in [0.29, 0.717) is 5.76 Å². The van der Waals surface area contributed by atoms with E-state index in [1.165, 1.54) is 25.3 Å². The van der Waals surface area contributed by atoms with E-state index in [4.69, 9.17) is 4.42 Å². The van der Waals surface area contributed by atoms with Crippen molar-refractivity contribution in [3.8, 4) is 11.8 Å². The molecule has 0 atom stereocenters. The molecule has 1 heterocycles. The van der Waals surface area contributed by atoms with Crippen LogP contribution in [-0.4, -0.2) is 18.9 Å². The first-order valence-electron chi connectivity index (χ1n) is 5.74. The second-order valence-corrected chi connectivity index (χ2v) is 3.47. The van der Waals surface area contributed by atoms with Gasteiger partial charge in [0.2, 0.25) is 0 Å². The first-order valence-corrected chi connectivity index (χ1v) is 5.74. The van der Waals surface area contributed by atoms with Gasteiger partial charge in [-0.1, -0.05) is 18.9 Å². The number of hydrogen-bond acceptors (Lipinski definition) is 4. The number of carbonyl (C=O) groups excluding carboxylic acids is 2. The number of furan rings is 1. The van der Waals surface area contributed by atoms with Crippen molar-refractivity contribution < 1.29 is 18.7 Å². The maximum Gasteiger partial charge on any atom is 0.330 e. The lowest BCUT2D eigenvalue weighted by molar-refractivity contribution is -0.134. The van der Waals surface area contributed by atoms with Crippen molar-refractivity contribution in [2.24, 2.45) is 0 Å². The molecule has 1 rings (SSSR count). The fourth-order valence-electron chi connectivity index (χ4n) is 1.13. The third-order valence-corrected chi connectivity index (χ3v) is 2.06. The summed E-state index contributed by atoms with van der Waals surface area (Å²) in [4.78, 5) is 22.5. The highest BCUT2D eigenvalue weighted by Crippen LogP contribution is 2.10. The molecular formula is C15H14O4. The fourth-order valence-corrected chi connectivity index (χ4v) is 1.13. The third-order valence-electron chi connectivity index (χ3n) is 2.06. The van der Waals surface area contributed by atoms with Gasteiger partial charge >= 0.3 is 5.97 Å². The van der Waals surface area contributed by atoms with E-state index in [0.717, 1.165) is 6.42 Å². The number of ether oxygens (including phenoxy) is 1. The zero-order chi connectivity index (χ0) is 14.1. The van der Waals surface area contributed by atoms with Gasteiger partial charge in [0.15, 0.2) is 5.76 Å². The third kappa shape index (κ3) is 5.09. The van der Waals surface area contributed by atoms with Crippen LogP contribution in [0.5, 0.6) is 0 Å². The van der Waals surface area contributed by atoms with Crippen molar-refractivity contribution in [1.82, 2.24) is 0 Å². The van der Waals surface area contributed by atoms with Gasteiger partial charge < -0.3 is 9.15 Å². The molecule has 0 N–H and O–H groups in total. The van der Waals surface area contributed by atoms with Crippen molar-refractivity contribution in [2.45, 2.75) is 13.3 Å². The standard InChI is InChI=1S/C15H14O4/c1-3-4-5-6-7-13(16)14-10-8-12(19-14)9-11-15(17)18-2/h4-5,8-11H,3H2,1-2H3. The molecule has 0 bridgehead atoms. The molecule has 0 aromatic carbocycles. The molecule has 0 unspecified atom stereocenters. The Morgan fingerprint density at radius 1 is 1.42 bits per heavy atom. The van der Waals surface area contributed by atoms with Crippen LogP contribution in [0, 0.1) is 11.8 Å². The van der Waals surface area contributed by atoms with Gasteiger partial charge in [0.1, 0.15) is 5.76 Å². The number of allylic oxidation sites excluding steroid dienone is 2. The minimum absolute atomic E-state index is 0.141. The van der Waals surface area contributed by atoms with Crippen molar-refractivity contribution in [1.29, 1.82) is 0 Å². The molecular weight excluding hydrogens is 244 g/mol. The molecule has 19 heavy (non-hydrogen) atoms. The van der Waals surface area contributed by atoms with E-state index in [1.807, 2.05) is 13.0 Å². The average Bonchev–Trinajstić information content (AvgIpc) is 2.89. The van der Waals surface area contributed by atoms with Crippen LogP contribution in [0.4, 0.5) is 0 Å².